The average molecular weight is 161 g/mol. The number of halogens is 2. The van der Waals surface area contributed by atoms with Crippen molar-refractivity contribution in [2.75, 3.05) is 5.88 Å². The van der Waals surface area contributed by atoms with Crippen molar-refractivity contribution in [3.05, 3.63) is 24.1 Å². The van der Waals surface area contributed by atoms with Gasteiger partial charge in [-0.2, -0.15) is 0 Å². The van der Waals surface area contributed by atoms with Crippen LogP contribution in [0.2, 0.25) is 0 Å². The largest absolute Gasteiger partial charge is 0.212 e. The maximum Gasteiger partial charge on any atom is 0.0969 e. The van der Waals surface area contributed by atoms with E-state index in [4.69, 9.17) is 11.6 Å². The van der Waals surface area contributed by atoms with Gasteiger partial charge in [-0.1, -0.05) is 12.2 Å². The lowest BCUT2D eigenvalue weighted by atomic mass is 10.1. The molecule has 10 heavy (non-hydrogen) atoms. The third kappa shape index (κ3) is 2.14. The number of allylic oxidation sites excluding steroid dienone is 4. The van der Waals surface area contributed by atoms with Crippen molar-refractivity contribution in [1.82, 2.24) is 0 Å². The Kier molecular flexibility index (Phi) is 2.94. The Labute approximate surface area is 65.4 Å². The van der Waals surface area contributed by atoms with Crippen LogP contribution in [0.1, 0.15) is 12.8 Å². The van der Waals surface area contributed by atoms with E-state index in [-0.39, 0.29) is 11.7 Å². The summed E-state index contributed by atoms with van der Waals surface area (Å²) in [5.74, 6) is 0.675. The third-order valence-electron chi connectivity index (χ3n) is 1.54. The summed E-state index contributed by atoms with van der Waals surface area (Å²) in [4.78, 5) is 0. The van der Waals surface area contributed by atoms with E-state index in [0.717, 1.165) is 0 Å². The molecule has 0 saturated carbocycles. The summed E-state index contributed by atoms with van der Waals surface area (Å²) in [6, 6.07) is 0. The van der Waals surface area contributed by atoms with Crippen LogP contribution in [0.3, 0.4) is 0 Å². The maximum atomic E-state index is 12.6. The molecule has 56 valence electrons. The molecule has 0 saturated heterocycles. The maximum absolute atomic E-state index is 12.6. The molecule has 0 heterocycles. The zero-order valence-electron chi connectivity index (χ0n) is 5.69. The fourth-order valence-electron chi connectivity index (χ4n) is 0.975. The first-order valence-corrected chi connectivity index (χ1v) is 3.93. The quantitative estimate of drug-likeness (QED) is 0.409. The highest BCUT2D eigenvalue weighted by Crippen LogP contribution is 2.19. The van der Waals surface area contributed by atoms with Crippen molar-refractivity contribution in [2.24, 2.45) is 5.92 Å². The standard InChI is InChI=1S/C8H10ClF/c9-6-7-3-1-2-4-8(10)5-7/h1,3-4,7H,2,5-6H2. The van der Waals surface area contributed by atoms with E-state index in [9.17, 15) is 4.39 Å². The van der Waals surface area contributed by atoms with Gasteiger partial charge in [-0.3, -0.25) is 0 Å². The summed E-state index contributed by atoms with van der Waals surface area (Å²) in [5.41, 5.74) is 0. The van der Waals surface area contributed by atoms with Crippen molar-refractivity contribution in [3.63, 3.8) is 0 Å². The molecule has 0 N–H and O–H groups in total. The molecule has 2 heteroatoms. The van der Waals surface area contributed by atoms with Crippen LogP contribution in [-0.2, 0) is 0 Å². The molecular weight excluding hydrogens is 151 g/mol. The van der Waals surface area contributed by atoms with Crippen LogP contribution in [0.25, 0.3) is 0 Å². The van der Waals surface area contributed by atoms with E-state index < -0.39 is 0 Å². The summed E-state index contributed by atoms with van der Waals surface area (Å²) in [6.45, 7) is 0. The predicted octanol–water partition coefficient (Wildman–Crippen LogP) is 3.04. The molecule has 0 spiro atoms. The van der Waals surface area contributed by atoms with E-state index >= 15 is 0 Å². The SMILES string of the molecule is FC1=CCC=CC(CCl)C1. The second-order valence-electron chi connectivity index (χ2n) is 2.43. The second kappa shape index (κ2) is 3.77. The van der Waals surface area contributed by atoms with Gasteiger partial charge in [0.1, 0.15) is 0 Å². The molecule has 0 aromatic carbocycles. The van der Waals surface area contributed by atoms with E-state index in [1.807, 2.05) is 12.2 Å². The van der Waals surface area contributed by atoms with Crippen molar-refractivity contribution >= 4 is 11.6 Å². The number of alkyl halides is 1. The topological polar surface area (TPSA) is 0 Å². The molecule has 1 unspecified atom stereocenters. The van der Waals surface area contributed by atoms with E-state index in [1.54, 1.807) is 6.08 Å². The lowest BCUT2D eigenvalue weighted by Crippen LogP contribution is -1.96. The normalized spacial score (nSPS) is 25.8. The van der Waals surface area contributed by atoms with Crippen LogP contribution in [0.15, 0.2) is 24.1 Å². The van der Waals surface area contributed by atoms with Crippen LogP contribution in [0.5, 0.6) is 0 Å². The van der Waals surface area contributed by atoms with Crippen molar-refractivity contribution in [2.45, 2.75) is 12.8 Å². The Bertz CT molecular complexity index is 161. The predicted molar refractivity (Wildman–Crippen MR) is 41.8 cm³/mol. The summed E-state index contributed by atoms with van der Waals surface area (Å²) < 4.78 is 12.6. The van der Waals surface area contributed by atoms with Crippen molar-refractivity contribution in [3.8, 4) is 0 Å². The number of rotatable bonds is 1. The van der Waals surface area contributed by atoms with Gasteiger partial charge < -0.3 is 0 Å². The van der Waals surface area contributed by atoms with E-state index in [2.05, 4.69) is 0 Å². The Morgan fingerprint density at radius 2 is 2.50 bits per heavy atom. The molecule has 1 aliphatic carbocycles. The van der Waals surface area contributed by atoms with Gasteiger partial charge in [-0.25, -0.2) is 4.39 Å². The minimum Gasteiger partial charge on any atom is -0.212 e. The van der Waals surface area contributed by atoms with Crippen LogP contribution in [-0.4, -0.2) is 5.88 Å². The number of hydrogen-bond acceptors (Lipinski definition) is 0. The molecule has 0 bridgehead atoms. The molecule has 0 radical (unpaired) electrons. The first kappa shape index (κ1) is 7.80. The highest BCUT2D eigenvalue weighted by Gasteiger charge is 2.07. The summed E-state index contributed by atoms with van der Waals surface area (Å²) >= 11 is 5.57. The molecule has 1 aliphatic rings. The zero-order chi connectivity index (χ0) is 7.40. The summed E-state index contributed by atoms with van der Waals surface area (Å²) in [6.07, 6.45) is 6.72. The van der Waals surface area contributed by atoms with Crippen molar-refractivity contribution in [1.29, 1.82) is 0 Å². The second-order valence-corrected chi connectivity index (χ2v) is 2.74. The van der Waals surface area contributed by atoms with Crippen molar-refractivity contribution < 1.29 is 4.39 Å². The van der Waals surface area contributed by atoms with Gasteiger partial charge in [0.15, 0.2) is 0 Å². The fourth-order valence-corrected chi connectivity index (χ4v) is 1.19. The number of hydrogen-bond donors (Lipinski definition) is 0. The minimum absolute atomic E-state index is 0.0318. The van der Waals surface area contributed by atoms with Gasteiger partial charge in [0.05, 0.1) is 5.83 Å². The van der Waals surface area contributed by atoms with Crippen LogP contribution in [0, 0.1) is 5.92 Å². The van der Waals surface area contributed by atoms with Crippen LogP contribution >= 0.6 is 11.6 Å². The van der Waals surface area contributed by atoms with Gasteiger partial charge in [0.2, 0.25) is 0 Å². The molecule has 0 amide bonds. The summed E-state index contributed by atoms with van der Waals surface area (Å²) in [5, 5.41) is 0. The lowest BCUT2D eigenvalue weighted by Gasteiger charge is -2.03. The van der Waals surface area contributed by atoms with Gasteiger partial charge >= 0.3 is 0 Å². The average Bonchev–Trinajstić information content (AvgIpc) is 2.13. The zero-order valence-corrected chi connectivity index (χ0v) is 6.44. The summed E-state index contributed by atoms with van der Waals surface area (Å²) in [7, 11) is 0. The Morgan fingerprint density at radius 3 is 3.20 bits per heavy atom. The molecule has 0 aliphatic heterocycles. The van der Waals surface area contributed by atoms with E-state index in [1.165, 1.54) is 0 Å². The Morgan fingerprint density at radius 1 is 1.70 bits per heavy atom. The lowest BCUT2D eigenvalue weighted by molar-refractivity contribution is 0.545. The van der Waals surface area contributed by atoms with Gasteiger partial charge in [0.25, 0.3) is 0 Å². The molecule has 0 aromatic rings. The Balaban J connectivity index is 2.55. The highest BCUT2D eigenvalue weighted by molar-refractivity contribution is 6.18. The fraction of sp³-hybridized carbons (Fsp3) is 0.500. The first-order chi connectivity index (χ1) is 4.83. The molecule has 1 rings (SSSR count). The molecular formula is C8H10ClF. The third-order valence-corrected chi connectivity index (χ3v) is 1.94. The van der Waals surface area contributed by atoms with Gasteiger partial charge in [-0.15, -0.1) is 11.6 Å². The minimum atomic E-state index is -0.0318. The molecule has 0 aromatic heterocycles. The monoisotopic (exact) mass is 160 g/mol. The first-order valence-electron chi connectivity index (χ1n) is 3.40. The van der Waals surface area contributed by atoms with E-state index in [0.29, 0.717) is 18.7 Å². The van der Waals surface area contributed by atoms with Crippen LogP contribution in [0.4, 0.5) is 4.39 Å². The smallest absolute Gasteiger partial charge is 0.0969 e. The molecule has 1 atom stereocenters. The highest BCUT2D eigenvalue weighted by atomic mass is 35.5. The molecule has 0 nitrogen and oxygen atoms in total. The molecule has 0 fully saturated rings. The van der Waals surface area contributed by atoms with Crippen LogP contribution < -0.4 is 0 Å². The van der Waals surface area contributed by atoms with Gasteiger partial charge in [0, 0.05) is 12.3 Å². The van der Waals surface area contributed by atoms with Gasteiger partial charge in [-0.05, 0) is 18.4 Å². The Hall–Kier alpha value is -0.300.